The van der Waals surface area contributed by atoms with Crippen LogP contribution in [0.25, 0.3) is 28.2 Å². The van der Waals surface area contributed by atoms with Gasteiger partial charge in [0.25, 0.3) is 5.91 Å². The number of carbonyl (C=O) groups excluding carboxylic acids is 1. The number of rotatable bonds is 9. The second kappa shape index (κ2) is 10.1. The Labute approximate surface area is 215 Å². The van der Waals surface area contributed by atoms with E-state index in [0.29, 0.717) is 30.6 Å². The van der Waals surface area contributed by atoms with Crippen molar-refractivity contribution in [3.05, 3.63) is 103 Å². The Morgan fingerprint density at radius 1 is 0.919 bits per heavy atom. The van der Waals surface area contributed by atoms with Crippen molar-refractivity contribution in [2.75, 3.05) is 18.5 Å². The van der Waals surface area contributed by atoms with Crippen LogP contribution >= 0.6 is 0 Å². The number of hydrogen-bond acceptors (Lipinski definition) is 5. The molecule has 6 rings (SSSR count). The Balaban J connectivity index is 1.29. The fraction of sp³-hybridized carbons (Fsp3) is 0.167. The summed E-state index contributed by atoms with van der Waals surface area (Å²) < 4.78 is 7.89. The predicted octanol–water partition coefficient (Wildman–Crippen LogP) is 5.45. The third-order valence-electron chi connectivity index (χ3n) is 6.32. The molecule has 0 unspecified atom stereocenters. The average molecular weight is 490 g/mol. The molecular formula is C30H27N5O2. The van der Waals surface area contributed by atoms with Crippen LogP contribution < -0.4 is 15.4 Å². The minimum Gasteiger partial charge on any atom is -0.492 e. The molecule has 0 aliphatic heterocycles. The molecule has 7 nitrogen and oxygen atoms in total. The lowest BCUT2D eigenvalue weighted by Gasteiger charge is -2.12. The van der Waals surface area contributed by atoms with Crippen molar-refractivity contribution in [1.29, 1.82) is 0 Å². The van der Waals surface area contributed by atoms with Gasteiger partial charge in [0, 0.05) is 28.9 Å². The van der Waals surface area contributed by atoms with E-state index in [0.717, 1.165) is 46.8 Å². The first-order chi connectivity index (χ1) is 18.2. The summed E-state index contributed by atoms with van der Waals surface area (Å²) in [7, 11) is 0. The molecule has 2 heterocycles. The molecule has 0 saturated heterocycles. The maximum absolute atomic E-state index is 12.4. The van der Waals surface area contributed by atoms with Crippen LogP contribution in [0.3, 0.4) is 0 Å². The largest absolute Gasteiger partial charge is 0.492 e. The van der Waals surface area contributed by atoms with E-state index in [1.54, 1.807) is 0 Å². The van der Waals surface area contributed by atoms with Gasteiger partial charge in [0.05, 0.1) is 24.1 Å². The molecule has 1 fully saturated rings. The van der Waals surface area contributed by atoms with E-state index in [4.69, 9.17) is 9.72 Å². The lowest BCUT2D eigenvalue weighted by Crippen LogP contribution is -2.25. The molecule has 1 saturated carbocycles. The number of nitrogens with zero attached hydrogens (tertiary/aromatic N) is 3. The number of benzene rings is 3. The van der Waals surface area contributed by atoms with Crippen molar-refractivity contribution in [3.8, 4) is 28.3 Å². The van der Waals surface area contributed by atoms with E-state index in [1.807, 2.05) is 97.3 Å². The van der Waals surface area contributed by atoms with Gasteiger partial charge >= 0.3 is 0 Å². The van der Waals surface area contributed by atoms with Crippen LogP contribution in [-0.2, 0) is 0 Å². The zero-order valence-corrected chi connectivity index (χ0v) is 20.3. The Morgan fingerprint density at radius 2 is 1.65 bits per heavy atom. The van der Waals surface area contributed by atoms with Crippen LogP contribution in [0.1, 0.15) is 23.2 Å². The molecule has 1 amide bonds. The molecule has 184 valence electrons. The second-order valence-electron chi connectivity index (χ2n) is 9.09. The summed E-state index contributed by atoms with van der Waals surface area (Å²) in [5.74, 6) is 1.49. The van der Waals surface area contributed by atoms with Crippen LogP contribution in [0.5, 0.6) is 5.75 Å². The summed E-state index contributed by atoms with van der Waals surface area (Å²) in [5.41, 5.74) is 5.13. The highest BCUT2D eigenvalue weighted by molar-refractivity contribution is 5.95. The lowest BCUT2D eigenvalue weighted by atomic mass is 10.1. The first-order valence-corrected chi connectivity index (χ1v) is 12.5. The molecule has 2 N–H and O–H groups in total. The van der Waals surface area contributed by atoms with E-state index < -0.39 is 0 Å². The number of carbonyl (C=O) groups is 1. The van der Waals surface area contributed by atoms with E-state index in [9.17, 15) is 4.79 Å². The standard InChI is InChI=1S/C30H27N5O2/c36-30(33-24-15-16-24)23-13-11-22(12-14-23)27-19-32-29-28(31-17-18-37-25-9-5-2-6-10-25)34-26(20-35(27)29)21-7-3-1-4-8-21/h1-14,19-20,24H,15-18H2,(H,31,34)(H,33,36). The van der Waals surface area contributed by atoms with Crippen molar-refractivity contribution in [3.63, 3.8) is 0 Å². The van der Waals surface area contributed by atoms with Crippen molar-refractivity contribution in [1.82, 2.24) is 19.7 Å². The number of fused-ring (bicyclic) bond motifs is 1. The smallest absolute Gasteiger partial charge is 0.251 e. The molecule has 5 aromatic rings. The first kappa shape index (κ1) is 22.8. The molecule has 0 spiro atoms. The molecule has 3 aromatic carbocycles. The fourth-order valence-corrected chi connectivity index (χ4v) is 4.21. The Hall–Kier alpha value is -4.65. The van der Waals surface area contributed by atoms with Gasteiger partial charge in [-0.2, -0.15) is 0 Å². The normalized spacial score (nSPS) is 12.9. The molecule has 0 atom stereocenters. The summed E-state index contributed by atoms with van der Waals surface area (Å²) in [5, 5.41) is 6.45. The number of amides is 1. The Bertz CT molecular complexity index is 1510. The van der Waals surface area contributed by atoms with Crippen molar-refractivity contribution < 1.29 is 9.53 Å². The molecular weight excluding hydrogens is 462 g/mol. The summed E-state index contributed by atoms with van der Waals surface area (Å²) in [6.07, 6.45) is 5.99. The number of ether oxygens (including phenoxy) is 1. The monoisotopic (exact) mass is 489 g/mol. The SMILES string of the molecule is O=C(NC1CC1)c1ccc(-c2cnc3c(NCCOc4ccccc4)nc(-c4ccccc4)cn23)cc1. The predicted molar refractivity (Wildman–Crippen MR) is 145 cm³/mol. The second-order valence-corrected chi connectivity index (χ2v) is 9.09. The van der Waals surface area contributed by atoms with Crippen LogP contribution in [0.15, 0.2) is 97.3 Å². The zero-order valence-electron chi connectivity index (χ0n) is 20.3. The van der Waals surface area contributed by atoms with E-state index in [1.165, 1.54) is 0 Å². The number of aromatic nitrogens is 3. The minimum atomic E-state index is -0.0213. The van der Waals surface area contributed by atoms with Gasteiger partial charge in [-0.05, 0) is 37.1 Å². The van der Waals surface area contributed by atoms with Crippen LogP contribution in [0, 0.1) is 0 Å². The number of imidazole rings is 1. The van der Waals surface area contributed by atoms with Gasteiger partial charge in [-0.1, -0.05) is 60.7 Å². The van der Waals surface area contributed by atoms with E-state index >= 15 is 0 Å². The van der Waals surface area contributed by atoms with Gasteiger partial charge in [-0.3, -0.25) is 9.20 Å². The highest BCUT2D eigenvalue weighted by Gasteiger charge is 2.23. The van der Waals surface area contributed by atoms with Crippen LogP contribution in [0.4, 0.5) is 5.82 Å². The van der Waals surface area contributed by atoms with Gasteiger partial charge in [-0.15, -0.1) is 0 Å². The third kappa shape index (κ3) is 5.16. The maximum atomic E-state index is 12.4. The first-order valence-electron chi connectivity index (χ1n) is 12.5. The summed E-state index contributed by atoms with van der Waals surface area (Å²) >= 11 is 0. The number of hydrogen-bond donors (Lipinski definition) is 2. The van der Waals surface area contributed by atoms with E-state index in [-0.39, 0.29) is 5.91 Å². The quantitative estimate of drug-likeness (QED) is 0.269. The molecule has 1 aliphatic rings. The minimum absolute atomic E-state index is 0.0213. The zero-order chi connectivity index (χ0) is 25.0. The van der Waals surface area contributed by atoms with Gasteiger partial charge in [0.2, 0.25) is 0 Å². The Kier molecular flexibility index (Phi) is 6.25. The summed E-state index contributed by atoms with van der Waals surface area (Å²) in [6, 6.07) is 27.8. The van der Waals surface area contributed by atoms with E-state index in [2.05, 4.69) is 20.0 Å². The number of nitrogens with one attached hydrogen (secondary N) is 2. The van der Waals surface area contributed by atoms with Crippen LogP contribution in [-0.4, -0.2) is 39.5 Å². The molecule has 1 aliphatic carbocycles. The Morgan fingerprint density at radius 3 is 2.38 bits per heavy atom. The topological polar surface area (TPSA) is 80.5 Å². The van der Waals surface area contributed by atoms with Gasteiger partial charge < -0.3 is 15.4 Å². The highest BCUT2D eigenvalue weighted by Crippen LogP contribution is 2.28. The summed E-state index contributed by atoms with van der Waals surface area (Å²) in [6.45, 7) is 1.06. The molecule has 2 aromatic heterocycles. The van der Waals surface area contributed by atoms with Gasteiger partial charge in [-0.25, -0.2) is 9.97 Å². The van der Waals surface area contributed by atoms with Crippen molar-refractivity contribution in [2.24, 2.45) is 0 Å². The highest BCUT2D eigenvalue weighted by atomic mass is 16.5. The molecule has 0 bridgehead atoms. The van der Waals surface area contributed by atoms with Gasteiger partial charge in [0.1, 0.15) is 12.4 Å². The van der Waals surface area contributed by atoms with Gasteiger partial charge in [0.15, 0.2) is 11.5 Å². The maximum Gasteiger partial charge on any atom is 0.251 e. The van der Waals surface area contributed by atoms with Crippen LogP contribution in [0.2, 0.25) is 0 Å². The lowest BCUT2D eigenvalue weighted by molar-refractivity contribution is 0.0951. The third-order valence-corrected chi connectivity index (χ3v) is 6.32. The molecule has 37 heavy (non-hydrogen) atoms. The fourth-order valence-electron chi connectivity index (χ4n) is 4.21. The number of anilines is 1. The molecule has 0 radical (unpaired) electrons. The van der Waals surface area contributed by atoms with Crippen molar-refractivity contribution in [2.45, 2.75) is 18.9 Å². The summed E-state index contributed by atoms with van der Waals surface area (Å²) in [4.78, 5) is 22.0. The van der Waals surface area contributed by atoms with Crippen molar-refractivity contribution >= 4 is 17.4 Å². The number of para-hydroxylation sites is 1. The molecule has 7 heteroatoms. The average Bonchev–Trinajstić information content (AvgIpc) is 3.66.